The summed E-state index contributed by atoms with van der Waals surface area (Å²) in [5.74, 6) is 0. The van der Waals surface area contributed by atoms with Crippen molar-refractivity contribution in [1.29, 1.82) is 0 Å². The van der Waals surface area contributed by atoms with Crippen LogP contribution in [-0.4, -0.2) is 31.8 Å². The van der Waals surface area contributed by atoms with E-state index in [1.54, 1.807) is 0 Å². The topological polar surface area (TPSA) is 41.4 Å². The number of aromatic nitrogens is 2. The molecule has 21 heavy (non-hydrogen) atoms. The summed E-state index contributed by atoms with van der Waals surface area (Å²) < 4.78 is 0. The van der Waals surface area contributed by atoms with Gasteiger partial charge in [-0.15, -0.1) is 0 Å². The van der Waals surface area contributed by atoms with Crippen LogP contribution in [0.2, 0.25) is 0 Å². The Morgan fingerprint density at radius 3 is 2.76 bits per heavy atom. The van der Waals surface area contributed by atoms with E-state index in [9.17, 15) is 0 Å². The van der Waals surface area contributed by atoms with E-state index in [0.717, 1.165) is 17.4 Å². The molecule has 0 spiro atoms. The standard InChI is InChI=1S/C16H16N4S/c1-11-10-20-15(12-5-8-17-9-6-12)14(19-16(20)21-11)13-4-2-3-7-18-13/h2-9,11,14-15H,10H2,1H3/t11-,14+,15-/m0/s1. The van der Waals surface area contributed by atoms with Crippen molar-refractivity contribution >= 4 is 16.9 Å². The molecule has 2 aromatic heterocycles. The Bertz CT molecular complexity index is 658. The van der Waals surface area contributed by atoms with Crippen LogP contribution in [0.1, 0.15) is 30.3 Å². The maximum atomic E-state index is 4.95. The van der Waals surface area contributed by atoms with Gasteiger partial charge in [-0.1, -0.05) is 24.8 Å². The summed E-state index contributed by atoms with van der Waals surface area (Å²) in [5.41, 5.74) is 2.29. The Kier molecular flexibility index (Phi) is 3.15. The zero-order chi connectivity index (χ0) is 14.2. The first kappa shape index (κ1) is 12.8. The number of pyridine rings is 2. The van der Waals surface area contributed by atoms with Gasteiger partial charge in [0.05, 0.1) is 11.7 Å². The first-order valence-electron chi connectivity index (χ1n) is 7.15. The van der Waals surface area contributed by atoms with Crippen LogP contribution in [0.15, 0.2) is 53.9 Å². The lowest BCUT2D eigenvalue weighted by atomic mass is 9.97. The molecule has 0 aromatic carbocycles. The fraction of sp³-hybridized carbons (Fsp3) is 0.312. The minimum Gasteiger partial charge on any atom is -0.341 e. The Morgan fingerprint density at radius 1 is 1.14 bits per heavy atom. The van der Waals surface area contributed by atoms with Gasteiger partial charge in [-0.25, -0.2) is 0 Å². The van der Waals surface area contributed by atoms with Crippen molar-refractivity contribution in [3.63, 3.8) is 0 Å². The fourth-order valence-electron chi connectivity index (χ4n) is 3.04. The number of hydrogen-bond acceptors (Lipinski definition) is 5. The predicted molar refractivity (Wildman–Crippen MR) is 85.2 cm³/mol. The molecule has 3 atom stereocenters. The van der Waals surface area contributed by atoms with Gasteiger partial charge in [0.25, 0.3) is 0 Å². The molecular formula is C16H16N4S. The van der Waals surface area contributed by atoms with Crippen molar-refractivity contribution in [1.82, 2.24) is 14.9 Å². The highest BCUT2D eigenvalue weighted by molar-refractivity contribution is 8.14. The van der Waals surface area contributed by atoms with Crippen molar-refractivity contribution in [2.45, 2.75) is 24.3 Å². The number of nitrogens with zero attached hydrogens (tertiary/aromatic N) is 4. The van der Waals surface area contributed by atoms with Crippen molar-refractivity contribution in [3.05, 3.63) is 60.2 Å². The number of hydrogen-bond donors (Lipinski definition) is 0. The van der Waals surface area contributed by atoms with E-state index in [1.165, 1.54) is 5.56 Å². The third-order valence-electron chi connectivity index (χ3n) is 3.93. The van der Waals surface area contributed by atoms with Gasteiger partial charge in [-0.2, -0.15) is 0 Å². The molecule has 106 valence electrons. The number of rotatable bonds is 2. The van der Waals surface area contributed by atoms with Crippen LogP contribution < -0.4 is 0 Å². The highest BCUT2D eigenvalue weighted by Gasteiger charge is 2.43. The molecule has 0 unspecified atom stereocenters. The monoisotopic (exact) mass is 296 g/mol. The van der Waals surface area contributed by atoms with Gasteiger partial charge in [-0.05, 0) is 29.8 Å². The molecule has 0 N–H and O–H groups in total. The summed E-state index contributed by atoms with van der Waals surface area (Å²) in [6.45, 7) is 3.30. The van der Waals surface area contributed by atoms with Crippen molar-refractivity contribution in [2.24, 2.45) is 4.99 Å². The summed E-state index contributed by atoms with van der Waals surface area (Å²) in [5, 5.41) is 1.75. The summed E-state index contributed by atoms with van der Waals surface area (Å²) in [4.78, 5) is 16.0. The van der Waals surface area contributed by atoms with E-state index < -0.39 is 0 Å². The van der Waals surface area contributed by atoms with Crippen LogP contribution in [0.5, 0.6) is 0 Å². The molecule has 5 heteroatoms. The second-order valence-corrected chi connectivity index (χ2v) is 6.82. The van der Waals surface area contributed by atoms with Gasteiger partial charge in [0.1, 0.15) is 6.04 Å². The highest BCUT2D eigenvalue weighted by Crippen LogP contribution is 2.47. The average Bonchev–Trinajstić information content (AvgIpc) is 3.05. The third-order valence-corrected chi connectivity index (χ3v) is 5.03. The first-order valence-corrected chi connectivity index (χ1v) is 8.03. The van der Waals surface area contributed by atoms with E-state index in [-0.39, 0.29) is 12.1 Å². The van der Waals surface area contributed by atoms with E-state index in [2.05, 4.69) is 40.0 Å². The lowest BCUT2D eigenvalue weighted by molar-refractivity contribution is 0.321. The molecule has 0 radical (unpaired) electrons. The van der Waals surface area contributed by atoms with Gasteiger partial charge >= 0.3 is 0 Å². The van der Waals surface area contributed by atoms with E-state index in [0.29, 0.717) is 5.25 Å². The number of thioether (sulfide) groups is 1. The molecule has 2 aliphatic heterocycles. The van der Waals surface area contributed by atoms with Crippen LogP contribution in [0.25, 0.3) is 0 Å². The Balaban J connectivity index is 1.77. The van der Waals surface area contributed by atoms with E-state index in [1.807, 2.05) is 42.5 Å². The van der Waals surface area contributed by atoms with Crippen molar-refractivity contribution in [3.8, 4) is 0 Å². The molecule has 0 saturated carbocycles. The molecule has 4 heterocycles. The average molecular weight is 296 g/mol. The van der Waals surface area contributed by atoms with Crippen molar-refractivity contribution < 1.29 is 0 Å². The van der Waals surface area contributed by atoms with Crippen LogP contribution in [0.4, 0.5) is 0 Å². The maximum absolute atomic E-state index is 4.95. The molecule has 2 aliphatic rings. The summed E-state index contributed by atoms with van der Waals surface area (Å²) in [6.07, 6.45) is 5.56. The third kappa shape index (κ3) is 2.21. The molecule has 0 aliphatic carbocycles. The minimum atomic E-state index is 0.0728. The molecule has 4 rings (SSSR count). The van der Waals surface area contributed by atoms with Crippen LogP contribution in [-0.2, 0) is 0 Å². The Morgan fingerprint density at radius 2 is 2.00 bits per heavy atom. The quantitative estimate of drug-likeness (QED) is 0.854. The van der Waals surface area contributed by atoms with Crippen LogP contribution >= 0.6 is 11.8 Å². The SMILES string of the molecule is C[C@H]1CN2C(=N[C@H](c3ccccn3)[C@@H]2c2ccncc2)S1. The lowest BCUT2D eigenvalue weighted by Gasteiger charge is -2.27. The summed E-state index contributed by atoms with van der Waals surface area (Å²) >= 11 is 1.87. The lowest BCUT2D eigenvalue weighted by Crippen LogP contribution is -2.28. The van der Waals surface area contributed by atoms with Crippen molar-refractivity contribution in [2.75, 3.05) is 6.54 Å². The molecule has 1 saturated heterocycles. The molecular weight excluding hydrogens is 280 g/mol. The second kappa shape index (κ2) is 5.15. The summed E-state index contributed by atoms with van der Waals surface area (Å²) in [7, 11) is 0. The normalized spacial score (nSPS) is 27.6. The Labute approximate surface area is 128 Å². The first-order chi connectivity index (χ1) is 10.3. The van der Waals surface area contributed by atoms with Gasteiger partial charge in [0.2, 0.25) is 0 Å². The van der Waals surface area contributed by atoms with Crippen LogP contribution in [0, 0.1) is 0 Å². The van der Waals surface area contributed by atoms with Gasteiger partial charge in [0.15, 0.2) is 5.17 Å². The molecule has 2 aromatic rings. The smallest absolute Gasteiger partial charge is 0.160 e. The highest BCUT2D eigenvalue weighted by atomic mass is 32.2. The van der Waals surface area contributed by atoms with E-state index in [4.69, 9.17) is 4.99 Å². The maximum Gasteiger partial charge on any atom is 0.160 e. The van der Waals surface area contributed by atoms with Gasteiger partial charge in [-0.3, -0.25) is 15.0 Å². The largest absolute Gasteiger partial charge is 0.341 e. The Hall–Kier alpha value is -1.88. The molecule has 0 bridgehead atoms. The molecule has 1 fully saturated rings. The number of fused-ring (bicyclic) bond motifs is 1. The zero-order valence-electron chi connectivity index (χ0n) is 11.8. The van der Waals surface area contributed by atoms with E-state index >= 15 is 0 Å². The fourth-order valence-corrected chi connectivity index (χ4v) is 4.13. The number of aliphatic imine (C=N–C) groups is 1. The molecule has 0 amide bonds. The summed E-state index contributed by atoms with van der Waals surface area (Å²) in [6, 6.07) is 10.5. The molecule has 4 nitrogen and oxygen atoms in total. The zero-order valence-corrected chi connectivity index (χ0v) is 12.6. The van der Waals surface area contributed by atoms with Gasteiger partial charge < -0.3 is 4.90 Å². The minimum absolute atomic E-state index is 0.0728. The van der Waals surface area contributed by atoms with Crippen LogP contribution in [0.3, 0.4) is 0 Å². The predicted octanol–water partition coefficient (Wildman–Crippen LogP) is 3.07. The number of amidine groups is 1. The van der Waals surface area contributed by atoms with Gasteiger partial charge in [0, 0.05) is 30.4 Å². The second-order valence-electron chi connectivity index (χ2n) is 5.42.